The molecule has 1 rings (SSSR count). The monoisotopic (exact) mass is 190 g/mol. The van der Waals surface area contributed by atoms with Gasteiger partial charge in [-0.2, -0.15) is 0 Å². The Morgan fingerprint density at radius 1 is 1.57 bits per heavy atom. The first-order chi connectivity index (χ1) is 6.79. The van der Waals surface area contributed by atoms with Crippen molar-refractivity contribution in [3.05, 3.63) is 29.6 Å². The van der Waals surface area contributed by atoms with Crippen LogP contribution in [0.5, 0.6) is 0 Å². The maximum Gasteiger partial charge on any atom is 0.254 e. The van der Waals surface area contributed by atoms with E-state index in [1.165, 1.54) is 6.20 Å². The number of ketones is 1. The molecular formula is C11H12NO2. The Labute approximate surface area is 83.2 Å². The minimum Gasteiger partial charge on any atom is -0.294 e. The number of Topliss-reactive ketones (excluding diaryl/α,β-unsaturated/α-hetero) is 1. The van der Waals surface area contributed by atoms with Gasteiger partial charge in [0, 0.05) is 18.2 Å². The van der Waals surface area contributed by atoms with Crippen LogP contribution in [0.25, 0.3) is 0 Å². The molecule has 0 unspecified atom stereocenters. The number of unbranched alkanes of at least 4 members (excludes halogenated alkanes) is 1. The minimum absolute atomic E-state index is 0.0294. The van der Waals surface area contributed by atoms with Crippen molar-refractivity contribution in [2.24, 2.45) is 0 Å². The molecule has 0 aromatic carbocycles. The second-order valence-electron chi connectivity index (χ2n) is 3.03. The number of aromatic nitrogens is 1. The zero-order valence-corrected chi connectivity index (χ0v) is 8.12. The molecule has 0 aliphatic rings. The van der Waals surface area contributed by atoms with Crippen molar-refractivity contribution >= 4 is 12.1 Å². The summed E-state index contributed by atoms with van der Waals surface area (Å²) in [5, 5.41) is 0. The van der Waals surface area contributed by atoms with Gasteiger partial charge in [-0.1, -0.05) is 13.3 Å². The highest BCUT2D eigenvalue weighted by Gasteiger charge is 2.10. The Bertz CT molecular complexity index is 334. The highest BCUT2D eigenvalue weighted by Crippen LogP contribution is 2.08. The van der Waals surface area contributed by atoms with Crippen LogP contribution >= 0.6 is 0 Å². The van der Waals surface area contributed by atoms with Gasteiger partial charge in [0.05, 0.1) is 0 Å². The number of hydrogen-bond acceptors (Lipinski definition) is 3. The van der Waals surface area contributed by atoms with E-state index in [1.54, 1.807) is 18.4 Å². The highest BCUT2D eigenvalue weighted by molar-refractivity contribution is 6.01. The van der Waals surface area contributed by atoms with Gasteiger partial charge in [0.15, 0.2) is 5.78 Å². The molecule has 3 nitrogen and oxygen atoms in total. The van der Waals surface area contributed by atoms with Gasteiger partial charge in [0.2, 0.25) is 0 Å². The van der Waals surface area contributed by atoms with Crippen molar-refractivity contribution in [1.82, 2.24) is 4.98 Å². The average molecular weight is 190 g/mol. The number of rotatable bonds is 5. The third-order valence-corrected chi connectivity index (χ3v) is 1.96. The second-order valence-corrected chi connectivity index (χ2v) is 3.03. The number of pyridine rings is 1. The molecule has 0 bridgehead atoms. The number of carbonyl (C=O) groups is 1. The Kier molecular flexibility index (Phi) is 3.98. The van der Waals surface area contributed by atoms with Crippen LogP contribution in [-0.4, -0.2) is 17.1 Å². The molecule has 0 saturated heterocycles. The molecule has 3 heteroatoms. The second kappa shape index (κ2) is 5.27. The van der Waals surface area contributed by atoms with Gasteiger partial charge in [-0.3, -0.25) is 14.6 Å². The van der Waals surface area contributed by atoms with Crippen molar-refractivity contribution in [2.45, 2.75) is 26.2 Å². The van der Waals surface area contributed by atoms with E-state index in [9.17, 15) is 9.59 Å². The van der Waals surface area contributed by atoms with E-state index in [1.807, 2.05) is 6.92 Å². The lowest BCUT2D eigenvalue weighted by atomic mass is 10.0. The van der Waals surface area contributed by atoms with E-state index in [0.29, 0.717) is 12.0 Å². The van der Waals surface area contributed by atoms with Gasteiger partial charge >= 0.3 is 0 Å². The van der Waals surface area contributed by atoms with Crippen LogP contribution in [0.2, 0.25) is 0 Å². The topological polar surface area (TPSA) is 47.0 Å². The molecule has 14 heavy (non-hydrogen) atoms. The predicted molar refractivity (Wildman–Crippen MR) is 52.9 cm³/mol. The molecule has 0 saturated carbocycles. The molecule has 73 valence electrons. The maximum absolute atomic E-state index is 11.6. The quantitative estimate of drug-likeness (QED) is 0.666. The van der Waals surface area contributed by atoms with E-state index < -0.39 is 0 Å². The lowest BCUT2D eigenvalue weighted by molar-refractivity contribution is 0.0979. The van der Waals surface area contributed by atoms with E-state index in [0.717, 1.165) is 12.8 Å². The first-order valence-electron chi connectivity index (χ1n) is 4.66. The summed E-state index contributed by atoms with van der Waals surface area (Å²) in [5.74, 6) is -0.0294. The van der Waals surface area contributed by atoms with Crippen LogP contribution in [0.3, 0.4) is 0 Å². The lowest BCUT2D eigenvalue weighted by Crippen LogP contribution is -2.04. The van der Waals surface area contributed by atoms with Crippen molar-refractivity contribution in [3.63, 3.8) is 0 Å². The zero-order valence-electron chi connectivity index (χ0n) is 8.12. The van der Waals surface area contributed by atoms with Crippen LogP contribution in [0.15, 0.2) is 18.3 Å². The Hall–Kier alpha value is -1.51. The molecule has 1 aromatic rings. The molecule has 0 aliphatic carbocycles. The van der Waals surface area contributed by atoms with Gasteiger partial charge < -0.3 is 0 Å². The Morgan fingerprint density at radius 2 is 2.36 bits per heavy atom. The third-order valence-electron chi connectivity index (χ3n) is 1.96. The fourth-order valence-corrected chi connectivity index (χ4v) is 1.18. The molecular weight excluding hydrogens is 178 g/mol. The van der Waals surface area contributed by atoms with Crippen LogP contribution in [0, 0.1) is 0 Å². The van der Waals surface area contributed by atoms with Gasteiger partial charge in [0.25, 0.3) is 6.29 Å². The summed E-state index contributed by atoms with van der Waals surface area (Å²) in [6.45, 7) is 2.02. The number of nitrogens with zero attached hydrogens (tertiary/aromatic N) is 1. The summed E-state index contributed by atoms with van der Waals surface area (Å²) in [4.78, 5) is 25.8. The molecule has 0 fully saturated rings. The lowest BCUT2D eigenvalue weighted by Gasteiger charge is -2.00. The van der Waals surface area contributed by atoms with E-state index in [4.69, 9.17) is 0 Å². The van der Waals surface area contributed by atoms with Gasteiger partial charge in [-0.15, -0.1) is 0 Å². The van der Waals surface area contributed by atoms with Crippen molar-refractivity contribution in [1.29, 1.82) is 0 Å². The van der Waals surface area contributed by atoms with E-state index in [-0.39, 0.29) is 11.5 Å². The van der Waals surface area contributed by atoms with Crippen molar-refractivity contribution in [3.8, 4) is 0 Å². The van der Waals surface area contributed by atoms with Gasteiger partial charge in [0.1, 0.15) is 5.69 Å². The first-order valence-corrected chi connectivity index (χ1v) is 4.66. The fourth-order valence-electron chi connectivity index (χ4n) is 1.18. The van der Waals surface area contributed by atoms with Crippen molar-refractivity contribution in [2.75, 3.05) is 0 Å². The molecule has 0 amide bonds. The normalized spacial score (nSPS) is 9.79. The van der Waals surface area contributed by atoms with Crippen molar-refractivity contribution < 1.29 is 9.59 Å². The Balaban J connectivity index is 2.83. The summed E-state index contributed by atoms with van der Waals surface area (Å²) in [5.41, 5.74) is 0.504. The third kappa shape index (κ3) is 2.49. The molecule has 0 spiro atoms. The predicted octanol–water partition coefficient (Wildman–Crippen LogP) is 1.91. The van der Waals surface area contributed by atoms with Crippen LogP contribution in [0.4, 0.5) is 0 Å². The molecule has 1 heterocycles. The smallest absolute Gasteiger partial charge is 0.254 e. The van der Waals surface area contributed by atoms with Crippen LogP contribution in [-0.2, 0) is 4.79 Å². The molecule has 1 aromatic heterocycles. The minimum atomic E-state index is -0.0294. The summed E-state index contributed by atoms with van der Waals surface area (Å²) >= 11 is 0. The molecule has 0 aliphatic heterocycles. The summed E-state index contributed by atoms with van der Waals surface area (Å²) in [6, 6.07) is 3.27. The van der Waals surface area contributed by atoms with Gasteiger partial charge in [-0.25, -0.2) is 0 Å². The fraction of sp³-hybridized carbons (Fsp3) is 0.364. The van der Waals surface area contributed by atoms with Gasteiger partial charge in [-0.05, 0) is 18.6 Å². The summed E-state index contributed by atoms with van der Waals surface area (Å²) in [6.07, 6.45) is 5.43. The molecule has 0 N–H and O–H groups in total. The largest absolute Gasteiger partial charge is 0.294 e. The zero-order chi connectivity index (χ0) is 10.4. The summed E-state index contributed by atoms with van der Waals surface area (Å²) < 4.78 is 0. The van der Waals surface area contributed by atoms with Crippen LogP contribution < -0.4 is 0 Å². The SMILES string of the molecule is CCCCC(=O)c1cccnc1[C]=O. The molecule has 0 atom stereocenters. The van der Waals surface area contributed by atoms with E-state index in [2.05, 4.69) is 4.98 Å². The first kappa shape index (κ1) is 10.6. The average Bonchev–Trinajstić information content (AvgIpc) is 2.25. The van der Waals surface area contributed by atoms with Crippen LogP contribution in [0.1, 0.15) is 42.2 Å². The maximum atomic E-state index is 11.6. The number of carbonyl (C=O) groups excluding carboxylic acids is 2. The standard InChI is InChI=1S/C11H12NO2/c1-2-3-6-11(14)9-5-4-7-12-10(9)8-13/h4-5,7H,2-3,6H2,1H3. The number of hydrogen-bond donors (Lipinski definition) is 0. The highest BCUT2D eigenvalue weighted by atomic mass is 16.1. The molecule has 1 radical (unpaired) electrons. The Morgan fingerprint density at radius 3 is 3.00 bits per heavy atom. The summed E-state index contributed by atoms with van der Waals surface area (Å²) in [7, 11) is 0. The van der Waals surface area contributed by atoms with E-state index >= 15 is 0 Å².